The monoisotopic (exact) mass is 309 g/mol. The number of aromatic nitrogens is 2. The minimum atomic E-state index is 0.721. The van der Waals surface area contributed by atoms with E-state index in [9.17, 15) is 0 Å². The molecule has 4 nitrogen and oxygen atoms in total. The van der Waals surface area contributed by atoms with Crippen molar-refractivity contribution in [3.8, 4) is 5.75 Å². The van der Waals surface area contributed by atoms with Crippen LogP contribution in [0.3, 0.4) is 0 Å². The minimum Gasteiger partial charge on any atom is -0.489 e. The molecular weight excluding hydrogens is 286 g/mol. The van der Waals surface area contributed by atoms with E-state index in [1.54, 1.807) is 0 Å². The Morgan fingerprint density at radius 1 is 1.26 bits per heavy atom. The van der Waals surface area contributed by atoms with Crippen molar-refractivity contribution in [2.24, 2.45) is 5.92 Å². The summed E-state index contributed by atoms with van der Waals surface area (Å²) < 4.78 is 5.88. The zero-order valence-corrected chi connectivity index (χ0v) is 13.4. The molecule has 1 fully saturated rings. The Balaban J connectivity index is 1.38. The van der Waals surface area contributed by atoms with Gasteiger partial charge in [0.2, 0.25) is 0 Å². The quantitative estimate of drug-likeness (QED) is 0.943. The second-order valence-corrected chi connectivity index (χ2v) is 6.66. The van der Waals surface area contributed by atoms with Crippen LogP contribution in [-0.2, 0) is 6.42 Å². The molecule has 2 aliphatic rings. The van der Waals surface area contributed by atoms with Gasteiger partial charge in [0.05, 0.1) is 0 Å². The van der Waals surface area contributed by atoms with Gasteiger partial charge in [-0.05, 0) is 55.5 Å². The van der Waals surface area contributed by atoms with Gasteiger partial charge in [-0.1, -0.05) is 18.2 Å². The molecule has 1 aromatic heterocycles. The molecule has 1 aromatic carbocycles. The van der Waals surface area contributed by atoms with Crippen LogP contribution in [0, 0.1) is 5.92 Å². The van der Waals surface area contributed by atoms with Gasteiger partial charge in [-0.15, -0.1) is 0 Å². The summed E-state index contributed by atoms with van der Waals surface area (Å²) in [5.74, 6) is 1.73. The number of fused-ring (bicyclic) bond motifs is 1. The molecule has 0 amide bonds. The van der Waals surface area contributed by atoms with E-state index in [2.05, 4.69) is 39.4 Å². The van der Waals surface area contributed by atoms with E-state index in [1.807, 2.05) is 18.3 Å². The Morgan fingerprint density at radius 3 is 3.13 bits per heavy atom. The number of nitrogens with zero attached hydrogens (tertiary/aromatic N) is 2. The zero-order valence-electron chi connectivity index (χ0n) is 13.4. The molecule has 4 rings (SSSR count). The Bertz CT molecular complexity index is 678. The highest BCUT2D eigenvalue weighted by atomic mass is 16.5. The number of likely N-dealkylation sites (tertiary alicyclic amines) is 1. The van der Waals surface area contributed by atoms with Gasteiger partial charge in [-0.2, -0.15) is 5.10 Å². The van der Waals surface area contributed by atoms with Crippen molar-refractivity contribution in [1.82, 2.24) is 15.1 Å². The predicted octanol–water partition coefficient (Wildman–Crippen LogP) is 3.14. The van der Waals surface area contributed by atoms with Gasteiger partial charge in [-0.25, -0.2) is 0 Å². The summed E-state index contributed by atoms with van der Waals surface area (Å²) in [5.41, 5.74) is 3.84. The molecule has 2 aromatic rings. The Morgan fingerprint density at radius 2 is 2.22 bits per heavy atom. The van der Waals surface area contributed by atoms with Crippen molar-refractivity contribution < 1.29 is 4.74 Å². The van der Waals surface area contributed by atoms with E-state index in [0.717, 1.165) is 37.8 Å². The number of hydrogen-bond donors (Lipinski definition) is 1. The maximum absolute atomic E-state index is 5.88. The van der Waals surface area contributed by atoms with Crippen molar-refractivity contribution in [1.29, 1.82) is 0 Å². The summed E-state index contributed by atoms with van der Waals surface area (Å²) in [4.78, 5) is 2.58. The number of piperidine rings is 1. The van der Waals surface area contributed by atoms with Crippen LogP contribution in [0.1, 0.15) is 24.1 Å². The van der Waals surface area contributed by atoms with Gasteiger partial charge in [0, 0.05) is 30.5 Å². The van der Waals surface area contributed by atoms with Crippen molar-refractivity contribution in [2.75, 3.05) is 26.2 Å². The molecule has 1 atom stereocenters. The van der Waals surface area contributed by atoms with Gasteiger partial charge < -0.3 is 4.74 Å². The van der Waals surface area contributed by atoms with E-state index in [4.69, 9.17) is 4.74 Å². The van der Waals surface area contributed by atoms with Crippen molar-refractivity contribution >= 4 is 6.08 Å². The van der Waals surface area contributed by atoms with Gasteiger partial charge in [0.15, 0.2) is 0 Å². The smallest absolute Gasteiger partial charge is 0.127 e. The summed E-state index contributed by atoms with van der Waals surface area (Å²) in [6.45, 7) is 4.10. The number of hydrogen-bond acceptors (Lipinski definition) is 3. The lowest BCUT2D eigenvalue weighted by atomic mass is 9.93. The largest absolute Gasteiger partial charge is 0.489 e. The molecule has 0 aliphatic carbocycles. The van der Waals surface area contributed by atoms with Gasteiger partial charge in [0.1, 0.15) is 12.4 Å². The summed E-state index contributed by atoms with van der Waals surface area (Å²) in [5, 5.41) is 7.15. The Hall–Kier alpha value is -2.07. The molecule has 0 unspecified atom stereocenters. The fourth-order valence-corrected chi connectivity index (χ4v) is 3.71. The molecule has 0 saturated carbocycles. The maximum atomic E-state index is 5.88. The molecule has 3 heterocycles. The Kier molecular flexibility index (Phi) is 4.16. The molecule has 120 valence electrons. The average Bonchev–Trinajstić information content (AvgIpc) is 3.08. The van der Waals surface area contributed by atoms with Gasteiger partial charge in [-0.3, -0.25) is 10.00 Å². The number of ether oxygens (including phenoxy) is 1. The number of rotatable bonds is 4. The molecule has 23 heavy (non-hydrogen) atoms. The second kappa shape index (κ2) is 6.59. The highest BCUT2D eigenvalue weighted by Crippen LogP contribution is 2.27. The maximum Gasteiger partial charge on any atom is 0.127 e. The van der Waals surface area contributed by atoms with Crippen molar-refractivity contribution in [2.45, 2.75) is 19.3 Å². The highest BCUT2D eigenvalue weighted by Gasteiger charge is 2.22. The van der Waals surface area contributed by atoms with Crippen LogP contribution in [0.2, 0.25) is 0 Å². The van der Waals surface area contributed by atoms with E-state index in [-0.39, 0.29) is 0 Å². The highest BCUT2D eigenvalue weighted by molar-refractivity contribution is 5.62. The SMILES string of the molecule is C1=C(CN2CCC[C@H](Cc3ccn[nH]3)C2)COc2ccccc21. The van der Waals surface area contributed by atoms with Gasteiger partial charge in [0.25, 0.3) is 0 Å². The van der Waals surface area contributed by atoms with Crippen LogP contribution >= 0.6 is 0 Å². The summed E-state index contributed by atoms with van der Waals surface area (Å²) >= 11 is 0. The van der Waals surface area contributed by atoms with Crippen molar-refractivity contribution in [3.05, 3.63) is 53.4 Å². The fraction of sp³-hybridized carbons (Fsp3) is 0.421. The fourth-order valence-electron chi connectivity index (χ4n) is 3.71. The lowest BCUT2D eigenvalue weighted by Gasteiger charge is -2.33. The van der Waals surface area contributed by atoms with Crippen LogP contribution in [0.15, 0.2) is 42.1 Å². The Labute approximate surface area is 137 Å². The van der Waals surface area contributed by atoms with Crippen molar-refractivity contribution in [3.63, 3.8) is 0 Å². The summed E-state index contributed by atoms with van der Waals surface area (Å²) in [6.07, 6.45) is 7.85. The first kappa shape index (κ1) is 14.5. The summed E-state index contributed by atoms with van der Waals surface area (Å²) in [7, 11) is 0. The van der Waals surface area contributed by atoms with Gasteiger partial charge >= 0.3 is 0 Å². The molecule has 1 saturated heterocycles. The molecule has 0 spiro atoms. The number of nitrogens with one attached hydrogen (secondary N) is 1. The third-order valence-electron chi connectivity index (χ3n) is 4.79. The number of para-hydroxylation sites is 1. The standard InChI is InChI=1S/C19H23N3O/c1-2-6-19-17(5-1)10-16(14-23-19)13-22-9-3-4-15(12-22)11-18-7-8-20-21-18/h1-2,5-8,10,15H,3-4,9,11-14H2,(H,20,21)/t15-/m1/s1. The topological polar surface area (TPSA) is 41.2 Å². The van der Waals surface area contributed by atoms with E-state index in [0.29, 0.717) is 0 Å². The summed E-state index contributed by atoms with van der Waals surface area (Å²) in [6, 6.07) is 10.4. The third-order valence-corrected chi connectivity index (χ3v) is 4.79. The molecule has 4 heteroatoms. The van der Waals surface area contributed by atoms with E-state index in [1.165, 1.54) is 36.2 Å². The second-order valence-electron chi connectivity index (χ2n) is 6.66. The van der Waals surface area contributed by atoms with Crippen LogP contribution < -0.4 is 4.74 Å². The minimum absolute atomic E-state index is 0.721. The molecular formula is C19H23N3O. The number of H-pyrrole nitrogens is 1. The molecule has 0 bridgehead atoms. The average molecular weight is 309 g/mol. The van der Waals surface area contributed by atoms with E-state index < -0.39 is 0 Å². The lowest BCUT2D eigenvalue weighted by Crippen LogP contribution is -2.38. The predicted molar refractivity (Wildman–Crippen MR) is 91.4 cm³/mol. The molecule has 1 N–H and O–H groups in total. The number of benzene rings is 1. The molecule has 0 radical (unpaired) electrons. The first-order chi connectivity index (χ1) is 11.4. The first-order valence-corrected chi connectivity index (χ1v) is 8.49. The van der Waals surface area contributed by atoms with Crippen LogP contribution in [-0.4, -0.2) is 41.3 Å². The third kappa shape index (κ3) is 3.48. The molecule has 2 aliphatic heterocycles. The van der Waals surface area contributed by atoms with Crippen LogP contribution in [0.5, 0.6) is 5.75 Å². The van der Waals surface area contributed by atoms with E-state index >= 15 is 0 Å². The number of aromatic amines is 1. The van der Waals surface area contributed by atoms with Crippen LogP contribution in [0.25, 0.3) is 6.08 Å². The first-order valence-electron chi connectivity index (χ1n) is 8.49. The normalized spacial score (nSPS) is 21.4. The zero-order chi connectivity index (χ0) is 15.5. The van der Waals surface area contributed by atoms with Crippen LogP contribution in [0.4, 0.5) is 0 Å². The lowest BCUT2D eigenvalue weighted by molar-refractivity contribution is 0.181.